The molecule has 1 aliphatic heterocycles. The van der Waals surface area contributed by atoms with Crippen LogP contribution in [0.3, 0.4) is 0 Å². The second-order valence-corrected chi connectivity index (χ2v) is 11.1. The van der Waals surface area contributed by atoms with Crippen LogP contribution in [0, 0.1) is 0 Å². The molecule has 2 fully saturated rings. The first kappa shape index (κ1) is 29.1. The van der Waals surface area contributed by atoms with Gasteiger partial charge in [0.25, 0.3) is 5.91 Å². The maximum absolute atomic E-state index is 13.6. The lowest BCUT2D eigenvalue weighted by atomic mass is 10.1. The van der Waals surface area contributed by atoms with Crippen molar-refractivity contribution in [3.63, 3.8) is 0 Å². The average molecular weight is 549 g/mol. The largest absolute Gasteiger partial charge is 0.493 e. The summed E-state index contributed by atoms with van der Waals surface area (Å²) >= 11 is 0. The van der Waals surface area contributed by atoms with Crippen LogP contribution in [0.1, 0.15) is 58.4 Å². The standard InChI is InChI=1S/C32H40N2O6/c1-7-18-34(30(35)27(8-2)38-25-14-11-23(12-15-25)22-9-10-22)24-13-16-28(29(20-24)37-6)39-26-17-19-33(21-26)31(36)40-32(3,4)5/h7-8,11-16,20,22,26H,1,9-10,17-19,21H2,2-6H3. The molecule has 40 heavy (non-hydrogen) atoms. The first-order chi connectivity index (χ1) is 19.1. The molecule has 1 aliphatic carbocycles. The molecule has 1 saturated heterocycles. The van der Waals surface area contributed by atoms with E-state index in [0.29, 0.717) is 48.4 Å². The Morgan fingerprint density at radius 2 is 1.80 bits per heavy atom. The summed E-state index contributed by atoms with van der Waals surface area (Å²) in [5.74, 6) is 2.20. The van der Waals surface area contributed by atoms with Gasteiger partial charge in [-0.15, -0.1) is 6.58 Å². The Balaban J connectivity index is 1.45. The van der Waals surface area contributed by atoms with Crippen LogP contribution in [0.4, 0.5) is 10.5 Å². The molecule has 1 saturated carbocycles. The summed E-state index contributed by atoms with van der Waals surface area (Å²) < 4.78 is 23.3. The quantitative estimate of drug-likeness (QED) is 0.193. The van der Waals surface area contributed by atoms with E-state index < -0.39 is 5.60 Å². The van der Waals surface area contributed by atoms with E-state index in [1.54, 1.807) is 54.2 Å². The van der Waals surface area contributed by atoms with Crippen LogP contribution < -0.4 is 19.1 Å². The minimum Gasteiger partial charge on any atom is -0.493 e. The van der Waals surface area contributed by atoms with Crippen LogP contribution in [0.15, 0.2) is 67.0 Å². The van der Waals surface area contributed by atoms with Gasteiger partial charge in [0.15, 0.2) is 17.3 Å². The second-order valence-electron chi connectivity index (χ2n) is 11.1. The summed E-state index contributed by atoms with van der Waals surface area (Å²) in [4.78, 5) is 29.2. The van der Waals surface area contributed by atoms with Crippen LogP contribution in [0.5, 0.6) is 17.2 Å². The number of carbonyl (C=O) groups is 2. The highest BCUT2D eigenvalue weighted by Gasteiger charge is 2.32. The number of ether oxygens (including phenoxy) is 4. The minimum atomic E-state index is -0.553. The average Bonchev–Trinajstić information content (AvgIpc) is 3.67. The molecule has 0 bridgehead atoms. The zero-order valence-electron chi connectivity index (χ0n) is 24.1. The fourth-order valence-corrected chi connectivity index (χ4v) is 4.56. The lowest BCUT2D eigenvalue weighted by Crippen LogP contribution is -2.36. The fourth-order valence-electron chi connectivity index (χ4n) is 4.56. The van der Waals surface area contributed by atoms with Gasteiger partial charge in [0.1, 0.15) is 17.5 Å². The van der Waals surface area contributed by atoms with Crippen molar-refractivity contribution >= 4 is 17.7 Å². The van der Waals surface area contributed by atoms with E-state index in [9.17, 15) is 9.59 Å². The third-order valence-electron chi connectivity index (χ3n) is 6.74. The Morgan fingerprint density at radius 3 is 2.40 bits per heavy atom. The molecule has 0 N–H and O–H groups in total. The maximum atomic E-state index is 13.6. The van der Waals surface area contributed by atoms with E-state index in [1.807, 2.05) is 32.9 Å². The molecule has 214 valence electrons. The topological polar surface area (TPSA) is 77.5 Å². The normalized spacial score (nSPS) is 17.3. The molecule has 8 heteroatoms. The van der Waals surface area contributed by atoms with Crippen molar-refractivity contribution in [2.45, 2.75) is 64.6 Å². The predicted molar refractivity (Wildman–Crippen MR) is 155 cm³/mol. The van der Waals surface area contributed by atoms with E-state index in [1.165, 1.54) is 18.4 Å². The molecule has 2 aromatic carbocycles. The van der Waals surface area contributed by atoms with Gasteiger partial charge >= 0.3 is 6.09 Å². The van der Waals surface area contributed by atoms with Crippen LogP contribution in [-0.2, 0) is 9.53 Å². The summed E-state index contributed by atoms with van der Waals surface area (Å²) in [5, 5.41) is 0. The molecular formula is C32H40N2O6. The van der Waals surface area contributed by atoms with Crippen molar-refractivity contribution in [2.24, 2.45) is 0 Å². The number of hydrogen-bond acceptors (Lipinski definition) is 6. The Labute approximate surface area is 237 Å². The smallest absolute Gasteiger partial charge is 0.410 e. The van der Waals surface area contributed by atoms with Crippen molar-refractivity contribution in [3.8, 4) is 17.2 Å². The van der Waals surface area contributed by atoms with E-state index >= 15 is 0 Å². The van der Waals surface area contributed by atoms with Gasteiger partial charge in [-0.25, -0.2) is 4.79 Å². The highest BCUT2D eigenvalue weighted by atomic mass is 16.6. The number of carbonyl (C=O) groups excluding carboxylic acids is 2. The molecule has 1 unspecified atom stereocenters. The van der Waals surface area contributed by atoms with Crippen LogP contribution in [0.2, 0.25) is 0 Å². The third kappa shape index (κ3) is 7.37. The van der Waals surface area contributed by atoms with E-state index in [4.69, 9.17) is 18.9 Å². The number of likely N-dealkylation sites (tertiary alicyclic amines) is 1. The number of rotatable bonds is 10. The number of amides is 2. The molecular weight excluding hydrogens is 508 g/mol. The Bertz CT molecular complexity index is 1240. The Morgan fingerprint density at radius 1 is 1.07 bits per heavy atom. The third-order valence-corrected chi connectivity index (χ3v) is 6.74. The first-order valence-corrected chi connectivity index (χ1v) is 13.8. The van der Waals surface area contributed by atoms with E-state index in [-0.39, 0.29) is 30.4 Å². The summed E-state index contributed by atoms with van der Waals surface area (Å²) in [6.07, 6.45) is 5.92. The van der Waals surface area contributed by atoms with Gasteiger partial charge in [0.05, 0.1) is 13.7 Å². The molecule has 0 radical (unpaired) electrons. The number of anilines is 1. The fraction of sp³-hybridized carbons (Fsp3) is 0.438. The zero-order valence-corrected chi connectivity index (χ0v) is 24.1. The monoisotopic (exact) mass is 548 g/mol. The van der Waals surface area contributed by atoms with Crippen molar-refractivity contribution in [3.05, 3.63) is 72.5 Å². The highest BCUT2D eigenvalue weighted by molar-refractivity contribution is 6.04. The number of methoxy groups -OCH3 is 1. The molecule has 1 atom stereocenters. The van der Waals surface area contributed by atoms with Crippen LogP contribution in [-0.4, -0.2) is 55.3 Å². The predicted octanol–water partition coefficient (Wildman–Crippen LogP) is 6.46. The molecule has 8 nitrogen and oxygen atoms in total. The van der Waals surface area contributed by atoms with Crippen molar-refractivity contribution in [1.82, 2.24) is 4.90 Å². The first-order valence-electron chi connectivity index (χ1n) is 13.8. The summed E-state index contributed by atoms with van der Waals surface area (Å²) in [7, 11) is 1.55. The van der Waals surface area contributed by atoms with Gasteiger partial charge in [0, 0.05) is 31.3 Å². The lowest BCUT2D eigenvalue weighted by molar-refractivity contribution is -0.117. The van der Waals surface area contributed by atoms with Gasteiger partial charge < -0.3 is 28.7 Å². The van der Waals surface area contributed by atoms with Crippen molar-refractivity contribution < 1.29 is 28.5 Å². The lowest BCUT2D eigenvalue weighted by Gasteiger charge is -2.25. The number of hydrogen-bond donors (Lipinski definition) is 0. The zero-order chi connectivity index (χ0) is 28.9. The van der Waals surface area contributed by atoms with Crippen molar-refractivity contribution in [1.29, 1.82) is 0 Å². The number of allylic oxidation sites excluding steroid dienone is 1. The maximum Gasteiger partial charge on any atom is 0.410 e. The molecule has 2 amide bonds. The summed E-state index contributed by atoms with van der Waals surface area (Å²) in [6.45, 7) is 12.4. The SMILES string of the molecule is C=CCN(C(=O)C(=CC)Oc1ccc(C2CC2)cc1)c1ccc(OC2CCN(C(=O)OC(C)(C)C)C2)c(OC)c1. The van der Waals surface area contributed by atoms with Gasteiger partial charge in [0.2, 0.25) is 0 Å². The second kappa shape index (κ2) is 12.5. The minimum absolute atomic E-state index is 0.201. The molecule has 0 spiro atoms. The van der Waals surface area contributed by atoms with Gasteiger partial charge in [-0.1, -0.05) is 18.2 Å². The van der Waals surface area contributed by atoms with E-state index in [2.05, 4.69) is 18.7 Å². The van der Waals surface area contributed by atoms with Gasteiger partial charge in [-0.2, -0.15) is 0 Å². The summed E-state index contributed by atoms with van der Waals surface area (Å²) in [6, 6.07) is 13.3. The molecule has 1 heterocycles. The van der Waals surface area contributed by atoms with Crippen molar-refractivity contribution in [2.75, 3.05) is 31.6 Å². The van der Waals surface area contributed by atoms with Crippen LogP contribution in [0.25, 0.3) is 0 Å². The molecule has 2 aromatic rings. The Kier molecular flexibility index (Phi) is 9.07. The number of benzene rings is 2. The van der Waals surface area contributed by atoms with Gasteiger partial charge in [-0.05, 0) is 82.4 Å². The highest BCUT2D eigenvalue weighted by Crippen LogP contribution is 2.40. The summed E-state index contributed by atoms with van der Waals surface area (Å²) in [5.41, 5.74) is 1.36. The van der Waals surface area contributed by atoms with E-state index in [0.717, 1.165) is 0 Å². The molecule has 4 rings (SSSR count). The van der Waals surface area contributed by atoms with Crippen LogP contribution >= 0.6 is 0 Å². The molecule has 0 aromatic heterocycles. The Hall–Kier alpha value is -3.94. The number of nitrogens with zero attached hydrogens (tertiary/aromatic N) is 2. The molecule has 2 aliphatic rings. The van der Waals surface area contributed by atoms with Gasteiger partial charge in [-0.3, -0.25) is 4.79 Å².